The van der Waals surface area contributed by atoms with Crippen LogP contribution in [-0.4, -0.2) is 55.1 Å². The van der Waals surface area contributed by atoms with Gasteiger partial charge in [0.2, 0.25) is 0 Å². The molecule has 0 aromatic rings. The van der Waals surface area contributed by atoms with Crippen LogP contribution in [0.5, 0.6) is 0 Å². The van der Waals surface area contributed by atoms with Crippen molar-refractivity contribution < 1.29 is 0 Å². The van der Waals surface area contributed by atoms with Gasteiger partial charge in [0.05, 0.1) is 0 Å². The fourth-order valence-corrected chi connectivity index (χ4v) is 2.29. The van der Waals surface area contributed by atoms with Crippen LogP contribution in [0, 0.1) is 0 Å². The van der Waals surface area contributed by atoms with Gasteiger partial charge in [-0.2, -0.15) is 0 Å². The Balaban J connectivity index is 2.32. The highest BCUT2D eigenvalue weighted by Crippen LogP contribution is 2.09. The molecule has 90 valence electrons. The molecule has 0 aromatic heterocycles. The summed E-state index contributed by atoms with van der Waals surface area (Å²) in [6.07, 6.45) is 3.54. The maximum atomic E-state index is 5.96. The van der Waals surface area contributed by atoms with Crippen LogP contribution in [0.25, 0.3) is 0 Å². The van der Waals surface area contributed by atoms with Crippen LogP contribution in [0.1, 0.15) is 33.1 Å². The maximum absolute atomic E-state index is 5.96. The van der Waals surface area contributed by atoms with Gasteiger partial charge in [-0.3, -0.25) is 4.90 Å². The third kappa shape index (κ3) is 4.49. The zero-order valence-electron chi connectivity index (χ0n) is 10.6. The van der Waals surface area contributed by atoms with Crippen LogP contribution in [0.15, 0.2) is 0 Å². The van der Waals surface area contributed by atoms with E-state index in [0.717, 1.165) is 12.8 Å². The van der Waals surface area contributed by atoms with E-state index in [-0.39, 0.29) is 0 Å². The summed E-state index contributed by atoms with van der Waals surface area (Å²) >= 11 is 0. The van der Waals surface area contributed by atoms with Gasteiger partial charge in [-0.15, -0.1) is 0 Å². The molecule has 3 nitrogen and oxygen atoms in total. The predicted molar refractivity (Wildman–Crippen MR) is 66.0 cm³/mol. The zero-order valence-corrected chi connectivity index (χ0v) is 10.6. The van der Waals surface area contributed by atoms with Crippen molar-refractivity contribution in [3.8, 4) is 0 Å². The minimum Gasteiger partial charge on any atom is -0.328 e. The molecule has 2 unspecified atom stereocenters. The van der Waals surface area contributed by atoms with Crippen molar-refractivity contribution in [1.82, 2.24) is 9.80 Å². The van der Waals surface area contributed by atoms with E-state index in [1.54, 1.807) is 0 Å². The van der Waals surface area contributed by atoms with Crippen molar-refractivity contribution in [3.63, 3.8) is 0 Å². The summed E-state index contributed by atoms with van der Waals surface area (Å²) in [5.74, 6) is 0. The van der Waals surface area contributed by atoms with E-state index in [4.69, 9.17) is 5.73 Å². The topological polar surface area (TPSA) is 32.5 Å². The molecule has 0 bridgehead atoms. The lowest BCUT2D eigenvalue weighted by molar-refractivity contribution is 0.195. The summed E-state index contributed by atoms with van der Waals surface area (Å²) in [6, 6.07) is 1.07. The standard InChI is InChI=1S/C12H27N3/c1-4-12(13)6-9-15-8-5-7-14(3)10-11(15)2/h11-12H,4-10,13H2,1-3H3. The Labute approximate surface area is 94.6 Å². The largest absolute Gasteiger partial charge is 0.328 e. The summed E-state index contributed by atoms with van der Waals surface area (Å²) in [7, 11) is 2.22. The lowest BCUT2D eigenvalue weighted by Crippen LogP contribution is -2.40. The normalized spacial score (nSPS) is 27.6. The highest BCUT2D eigenvalue weighted by molar-refractivity contribution is 4.76. The van der Waals surface area contributed by atoms with Crippen molar-refractivity contribution in [3.05, 3.63) is 0 Å². The van der Waals surface area contributed by atoms with Gasteiger partial charge in [-0.25, -0.2) is 0 Å². The molecule has 15 heavy (non-hydrogen) atoms. The van der Waals surface area contributed by atoms with Crippen molar-refractivity contribution in [1.29, 1.82) is 0 Å². The molecule has 0 aromatic carbocycles. The average Bonchev–Trinajstić information content (AvgIpc) is 2.36. The van der Waals surface area contributed by atoms with E-state index in [2.05, 4.69) is 30.7 Å². The molecule has 0 amide bonds. The van der Waals surface area contributed by atoms with E-state index in [9.17, 15) is 0 Å². The van der Waals surface area contributed by atoms with Crippen LogP contribution in [0.4, 0.5) is 0 Å². The number of hydrogen-bond acceptors (Lipinski definition) is 3. The lowest BCUT2D eigenvalue weighted by atomic mass is 10.1. The van der Waals surface area contributed by atoms with E-state index < -0.39 is 0 Å². The van der Waals surface area contributed by atoms with E-state index in [1.165, 1.54) is 32.6 Å². The Bertz CT molecular complexity index is 172. The van der Waals surface area contributed by atoms with Gasteiger partial charge in [0.1, 0.15) is 0 Å². The Hall–Kier alpha value is -0.120. The Morgan fingerprint density at radius 3 is 2.80 bits per heavy atom. The minimum absolute atomic E-state index is 0.387. The Kier molecular flexibility index (Phi) is 5.58. The first kappa shape index (κ1) is 12.9. The SMILES string of the molecule is CCC(N)CCN1CCCN(C)CC1C. The molecular formula is C12H27N3. The second-order valence-corrected chi connectivity index (χ2v) is 4.96. The van der Waals surface area contributed by atoms with Crippen molar-refractivity contribution in [2.45, 2.75) is 45.2 Å². The third-order valence-corrected chi connectivity index (χ3v) is 3.50. The van der Waals surface area contributed by atoms with Gasteiger partial charge in [0.15, 0.2) is 0 Å². The van der Waals surface area contributed by atoms with Crippen LogP contribution in [0.2, 0.25) is 0 Å². The molecule has 2 N–H and O–H groups in total. The number of nitrogens with two attached hydrogens (primary N) is 1. The van der Waals surface area contributed by atoms with Crippen LogP contribution >= 0.6 is 0 Å². The van der Waals surface area contributed by atoms with Crippen molar-refractivity contribution >= 4 is 0 Å². The molecule has 2 atom stereocenters. The summed E-state index contributed by atoms with van der Waals surface area (Å²) in [6.45, 7) is 9.34. The van der Waals surface area contributed by atoms with Gasteiger partial charge in [-0.05, 0) is 52.9 Å². The minimum atomic E-state index is 0.387. The molecule has 0 spiro atoms. The number of likely N-dealkylation sites (N-methyl/N-ethyl adjacent to an activating group) is 1. The number of rotatable bonds is 4. The van der Waals surface area contributed by atoms with Gasteiger partial charge in [0, 0.05) is 18.6 Å². The molecule has 0 aliphatic carbocycles. The van der Waals surface area contributed by atoms with E-state index in [0.29, 0.717) is 12.1 Å². The first-order chi connectivity index (χ1) is 7.13. The molecule has 1 aliphatic heterocycles. The fourth-order valence-electron chi connectivity index (χ4n) is 2.29. The Morgan fingerprint density at radius 2 is 2.13 bits per heavy atom. The zero-order chi connectivity index (χ0) is 11.3. The molecular weight excluding hydrogens is 186 g/mol. The average molecular weight is 213 g/mol. The second kappa shape index (κ2) is 6.46. The van der Waals surface area contributed by atoms with Gasteiger partial charge < -0.3 is 10.6 Å². The lowest BCUT2D eigenvalue weighted by Gasteiger charge is -2.28. The fraction of sp³-hybridized carbons (Fsp3) is 1.00. The monoisotopic (exact) mass is 213 g/mol. The molecule has 0 radical (unpaired) electrons. The van der Waals surface area contributed by atoms with E-state index >= 15 is 0 Å². The molecule has 1 aliphatic rings. The van der Waals surface area contributed by atoms with Gasteiger partial charge in [-0.1, -0.05) is 6.92 Å². The molecule has 1 heterocycles. The molecule has 1 rings (SSSR count). The third-order valence-electron chi connectivity index (χ3n) is 3.50. The first-order valence-corrected chi connectivity index (χ1v) is 6.31. The van der Waals surface area contributed by atoms with Crippen molar-refractivity contribution in [2.75, 3.05) is 33.2 Å². The van der Waals surface area contributed by atoms with Crippen LogP contribution in [0.3, 0.4) is 0 Å². The molecule has 1 saturated heterocycles. The summed E-state index contributed by atoms with van der Waals surface area (Å²) in [5, 5.41) is 0. The molecule has 0 saturated carbocycles. The highest BCUT2D eigenvalue weighted by atomic mass is 15.2. The predicted octanol–water partition coefficient (Wildman–Crippen LogP) is 1.14. The molecule has 3 heteroatoms. The number of hydrogen-bond donors (Lipinski definition) is 1. The van der Waals surface area contributed by atoms with E-state index in [1.807, 2.05) is 0 Å². The highest BCUT2D eigenvalue weighted by Gasteiger charge is 2.19. The summed E-state index contributed by atoms with van der Waals surface area (Å²) in [5.41, 5.74) is 5.96. The van der Waals surface area contributed by atoms with Crippen LogP contribution < -0.4 is 5.73 Å². The second-order valence-electron chi connectivity index (χ2n) is 4.96. The maximum Gasteiger partial charge on any atom is 0.0194 e. The van der Waals surface area contributed by atoms with Crippen molar-refractivity contribution in [2.24, 2.45) is 5.73 Å². The quantitative estimate of drug-likeness (QED) is 0.760. The van der Waals surface area contributed by atoms with Crippen LogP contribution in [-0.2, 0) is 0 Å². The number of nitrogens with zero attached hydrogens (tertiary/aromatic N) is 2. The van der Waals surface area contributed by atoms with Gasteiger partial charge in [0.25, 0.3) is 0 Å². The Morgan fingerprint density at radius 1 is 1.40 bits per heavy atom. The summed E-state index contributed by atoms with van der Waals surface area (Å²) in [4.78, 5) is 5.03. The first-order valence-electron chi connectivity index (χ1n) is 6.31. The molecule has 1 fully saturated rings. The summed E-state index contributed by atoms with van der Waals surface area (Å²) < 4.78 is 0. The smallest absolute Gasteiger partial charge is 0.0194 e. The van der Waals surface area contributed by atoms with Gasteiger partial charge >= 0.3 is 0 Å².